The predicted molar refractivity (Wildman–Crippen MR) is 76.1 cm³/mol. The van der Waals surface area contributed by atoms with Crippen LogP contribution in [0.4, 0.5) is 0 Å². The van der Waals surface area contributed by atoms with E-state index in [-0.39, 0.29) is 5.78 Å². The minimum Gasteiger partial charge on any atom is -0.294 e. The van der Waals surface area contributed by atoms with Crippen LogP contribution in [0, 0.1) is 0 Å². The molecule has 0 radical (unpaired) electrons. The number of halogens is 2. The Bertz CT molecular complexity index is 522. The third kappa shape index (κ3) is 3.41. The van der Waals surface area contributed by atoms with Crippen LogP contribution in [-0.2, 0) is 6.42 Å². The summed E-state index contributed by atoms with van der Waals surface area (Å²) in [6.07, 6.45) is 1.32. The summed E-state index contributed by atoms with van der Waals surface area (Å²) < 4.78 is 0.814. The van der Waals surface area contributed by atoms with Crippen molar-refractivity contribution >= 4 is 44.7 Å². The monoisotopic (exact) mass is 328 g/mol. The fourth-order valence-corrected chi connectivity index (χ4v) is 2.64. The highest BCUT2D eigenvalue weighted by molar-refractivity contribution is 9.10. The summed E-state index contributed by atoms with van der Waals surface area (Å²) in [6.45, 7) is 0. The van der Waals surface area contributed by atoms with Gasteiger partial charge in [0.05, 0.1) is 5.02 Å². The summed E-state index contributed by atoms with van der Waals surface area (Å²) in [4.78, 5) is 13.2. The molecule has 0 atom stereocenters. The van der Waals surface area contributed by atoms with Gasteiger partial charge in [0.1, 0.15) is 0 Å². The summed E-state index contributed by atoms with van der Waals surface area (Å²) in [6, 6.07) is 9.36. The smallest absolute Gasteiger partial charge is 0.163 e. The molecule has 0 amide bonds. The minimum atomic E-state index is 0.132. The molecule has 17 heavy (non-hydrogen) atoms. The number of hydrogen-bond donors (Lipinski definition) is 0. The maximum Gasteiger partial charge on any atom is 0.163 e. The zero-order chi connectivity index (χ0) is 12.3. The molecule has 0 fully saturated rings. The summed E-state index contributed by atoms with van der Waals surface area (Å²) in [5.74, 6) is 0.132. The van der Waals surface area contributed by atoms with E-state index in [2.05, 4.69) is 15.9 Å². The second-order valence-corrected chi connectivity index (χ2v) is 5.93. The maximum absolute atomic E-state index is 11.9. The van der Waals surface area contributed by atoms with Crippen molar-refractivity contribution < 1.29 is 4.79 Å². The molecular formula is C13H10BrClOS. The van der Waals surface area contributed by atoms with Crippen LogP contribution < -0.4 is 0 Å². The van der Waals surface area contributed by atoms with E-state index in [0.29, 0.717) is 17.0 Å². The lowest BCUT2D eigenvalue weighted by Crippen LogP contribution is -2.00. The van der Waals surface area contributed by atoms with E-state index in [4.69, 9.17) is 11.6 Å². The highest BCUT2D eigenvalue weighted by Crippen LogP contribution is 2.24. The Morgan fingerprint density at radius 3 is 2.82 bits per heavy atom. The molecule has 0 aliphatic heterocycles. The van der Waals surface area contributed by atoms with Crippen LogP contribution in [0.25, 0.3) is 0 Å². The zero-order valence-corrected chi connectivity index (χ0v) is 12.1. The predicted octanol–water partition coefficient (Wildman–Crippen LogP) is 4.98. The first-order chi connectivity index (χ1) is 8.16. The largest absolute Gasteiger partial charge is 0.294 e. The second-order valence-electron chi connectivity index (χ2n) is 3.63. The molecule has 1 aromatic heterocycles. The number of Topliss-reactive ketones (excluding diaryl/α,β-unsaturated/α-hetero) is 1. The first-order valence-electron chi connectivity index (χ1n) is 5.17. The van der Waals surface area contributed by atoms with Gasteiger partial charge in [-0.1, -0.05) is 23.7 Å². The number of ketones is 1. The Kier molecular flexibility index (Phi) is 4.37. The molecule has 0 aliphatic rings. The molecule has 2 aromatic rings. The van der Waals surface area contributed by atoms with E-state index in [1.54, 1.807) is 29.5 Å². The van der Waals surface area contributed by atoms with Crippen molar-refractivity contribution in [3.8, 4) is 0 Å². The molecule has 0 N–H and O–H groups in total. The van der Waals surface area contributed by atoms with Crippen molar-refractivity contribution in [2.24, 2.45) is 0 Å². The van der Waals surface area contributed by atoms with E-state index in [9.17, 15) is 4.79 Å². The maximum atomic E-state index is 11.9. The lowest BCUT2D eigenvalue weighted by molar-refractivity contribution is 0.0983. The Morgan fingerprint density at radius 1 is 1.35 bits per heavy atom. The number of carbonyl (C=O) groups is 1. The second kappa shape index (κ2) is 5.80. The fraction of sp³-hybridized carbons (Fsp3) is 0.154. The van der Waals surface area contributed by atoms with Gasteiger partial charge in [-0.3, -0.25) is 4.79 Å². The molecule has 0 saturated heterocycles. The highest BCUT2D eigenvalue weighted by Gasteiger charge is 2.08. The van der Waals surface area contributed by atoms with E-state index < -0.39 is 0 Å². The third-order valence-corrected chi connectivity index (χ3v) is 4.59. The normalized spacial score (nSPS) is 10.5. The SMILES string of the molecule is O=C(CCc1cccs1)c1ccc(Br)c(Cl)c1. The van der Waals surface area contributed by atoms with Gasteiger partial charge in [-0.25, -0.2) is 0 Å². The van der Waals surface area contributed by atoms with Crippen molar-refractivity contribution in [1.82, 2.24) is 0 Å². The average molecular weight is 330 g/mol. The molecule has 0 saturated carbocycles. The van der Waals surface area contributed by atoms with Crippen LogP contribution in [-0.4, -0.2) is 5.78 Å². The highest BCUT2D eigenvalue weighted by atomic mass is 79.9. The molecule has 1 nitrogen and oxygen atoms in total. The number of hydrogen-bond acceptors (Lipinski definition) is 2. The minimum absolute atomic E-state index is 0.132. The number of aryl methyl sites for hydroxylation is 1. The van der Waals surface area contributed by atoms with Gasteiger partial charge in [-0.15, -0.1) is 11.3 Å². The van der Waals surface area contributed by atoms with Crippen molar-refractivity contribution in [1.29, 1.82) is 0 Å². The molecule has 0 bridgehead atoms. The summed E-state index contributed by atoms with van der Waals surface area (Å²) in [7, 11) is 0. The van der Waals surface area contributed by atoms with Gasteiger partial charge >= 0.3 is 0 Å². The third-order valence-electron chi connectivity index (χ3n) is 2.42. The van der Waals surface area contributed by atoms with Gasteiger partial charge in [0.25, 0.3) is 0 Å². The number of rotatable bonds is 4. The number of thiophene rings is 1. The van der Waals surface area contributed by atoms with Gasteiger partial charge in [0.15, 0.2) is 5.78 Å². The molecule has 1 heterocycles. The molecule has 2 rings (SSSR count). The van der Waals surface area contributed by atoms with E-state index >= 15 is 0 Å². The molecule has 0 spiro atoms. The van der Waals surface area contributed by atoms with Gasteiger partial charge in [0.2, 0.25) is 0 Å². The summed E-state index contributed by atoms with van der Waals surface area (Å²) in [5, 5.41) is 2.60. The van der Waals surface area contributed by atoms with Gasteiger partial charge < -0.3 is 0 Å². The number of benzene rings is 1. The van der Waals surface area contributed by atoms with Crippen LogP contribution in [0.3, 0.4) is 0 Å². The molecule has 0 unspecified atom stereocenters. The topological polar surface area (TPSA) is 17.1 Å². The summed E-state index contributed by atoms with van der Waals surface area (Å²) >= 11 is 10.9. The molecule has 4 heteroatoms. The molecule has 88 valence electrons. The standard InChI is InChI=1S/C13H10BrClOS/c14-11-5-3-9(8-12(11)15)13(16)6-4-10-2-1-7-17-10/h1-3,5,7-8H,4,6H2. The van der Waals surface area contributed by atoms with Gasteiger partial charge in [0, 0.05) is 21.3 Å². The molecule has 1 aromatic carbocycles. The first kappa shape index (κ1) is 12.8. The average Bonchev–Trinajstić information content (AvgIpc) is 2.82. The Labute approximate surface area is 118 Å². The Hall–Kier alpha value is -0.640. The molecular weight excluding hydrogens is 320 g/mol. The Morgan fingerprint density at radius 2 is 2.18 bits per heavy atom. The quantitative estimate of drug-likeness (QED) is 0.723. The van der Waals surface area contributed by atoms with Crippen molar-refractivity contribution in [3.63, 3.8) is 0 Å². The van der Waals surface area contributed by atoms with Crippen molar-refractivity contribution in [3.05, 3.63) is 55.6 Å². The van der Waals surface area contributed by atoms with Crippen LogP contribution in [0.5, 0.6) is 0 Å². The van der Waals surface area contributed by atoms with E-state index in [1.807, 2.05) is 17.5 Å². The van der Waals surface area contributed by atoms with Crippen LogP contribution in [0.1, 0.15) is 21.7 Å². The number of carbonyl (C=O) groups excluding carboxylic acids is 1. The molecule has 0 aliphatic carbocycles. The Balaban J connectivity index is 2.02. The van der Waals surface area contributed by atoms with Gasteiger partial charge in [-0.2, -0.15) is 0 Å². The van der Waals surface area contributed by atoms with Crippen LogP contribution >= 0.6 is 38.9 Å². The zero-order valence-electron chi connectivity index (χ0n) is 8.95. The fourth-order valence-electron chi connectivity index (χ4n) is 1.51. The lowest BCUT2D eigenvalue weighted by Gasteiger charge is -2.02. The summed E-state index contributed by atoms with van der Waals surface area (Å²) in [5.41, 5.74) is 0.676. The van der Waals surface area contributed by atoms with E-state index in [0.717, 1.165) is 10.9 Å². The first-order valence-corrected chi connectivity index (χ1v) is 7.22. The van der Waals surface area contributed by atoms with Crippen LogP contribution in [0.2, 0.25) is 5.02 Å². The van der Waals surface area contributed by atoms with Gasteiger partial charge in [-0.05, 0) is 45.9 Å². The van der Waals surface area contributed by atoms with Crippen LogP contribution in [0.15, 0.2) is 40.2 Å². The van der Waals surface area contributed by atoms with Crippen molar-refractivity contribution in [2.75, 3.05) is 0 Å². The van der Waals surface area contributed by atoms with Crippen molar-refractivity contribution in [2.45, 2.75) is 12.8 Å². The van der Waals surface area contributed by atoms with E-state index in [1.165, 1.54) is 4.88 Å². The lowest BCUT2D eigenvalue weighted by atomic mass is 10.1.